The number of hydrogen-bond acceptors (Lipinski definition) is 7. The molecule has 0 bridgehead atoms. The first-order valence-electron chi connectivity index (χ1n) is 7.57. The van der Waals surface area contributed by atoms with Gasteiger partial charge in [0.2, 0.25) is 5.82 Å². The van der Waals surface area contributed by atoms with Crippen LogP contribution in [0.2, 0.25) is 5.02 Å². The summed E-state index contributed by atoms with van der Waals surface area (Å²) in [7, 11) is 0. The molecule has 1 amide bonds. The highest BCUT2D eigenvalue weighted by atomic mass is 35.5. The zero-order chi connectivity index (χ0) is 18.5. The number of tetrazole rings is 1. The van der Waals surface area contributed by atoms with Gasteiger partial charge >= 0.3 is 5.97 Å². The third-order valence-corrected chi connectivity index (χ3v) is 4.19. The number of carbonyl (C=O) groups excluding carboxylic acids is 2. The number of halogens is 1. The number of ether oxygens (including phenoxy) is 1. The van der Waals surface area contributed by atoms with Crippen LogP contribution in [0.1, 0.15) is 6.92 Å². The van der Waals surface area contributed by atoms with E-state index in [2.05, 4.69) is 20.7 Å². The maximum Gasteiger partial charge on any atom is 0.330 e. The summed E-state index contributed by atoms with van der Waals surface area (Å²) in [4.78, 5) is 25.2. The van der Waals surface area contributed by atoms with Gasteiger partial charge in [0.15, 0.2) is 12.6 Å². The Bertz CT molecular complexity index is 912. The van der Waals surface area contributed by atoms with Crippen molar-refractivity contribution in [3.8, 4) is 11.4 Å². The first-order valence-corrected chi connectivity index (χ1v) is 8.89. The molecule has 0 saturated carbocycles. The molecule has 0 saturated heterocycles. The summed E-state index contributed by atoms with van der Waals surface area (Å²) in [5, 5.41) is 18.7. The van der Waals surface area contributed by atoms with Crippen molar-refractivity contribution in [2.45, 2.75) is 19.6 Å². The van der Waals surface area contributed by atoms with Crippen molar-refractivity contribution < 1.29 is 14.3 Å². The highest BCUT2D eigenvalue weighted by molar-refractivity contribution is 7.08. The van der Waals surface area contributed by atoms with Crippen molar-refractivity contribution in [1.29, 1.82) is 0 Å². The topological polar surface area (TPSA) is 99.0 Å². The fraction of sp³-hybridized carbons (Fsp3) is 0.188. The molecule has 2 heterocycles. The van der Waals surface area contributed by atoms with E-state index in [1.54, 1.807) is 24.3 Å². The van der Waals surface area contributed by atoms with Crippen LogP contribution in [-0.2, 0) is 20.9 Å². The van der Waals surface area contributed by atoms with Gasteiger partial charge in [0, 0.05) is 21.7 Å². The van der Waals surface area contributed by atoms with E-state index in [-0.39, 0.29) is 6.54 Å². The molecule has 0 radical (unpaired) electrons. The molecule has 134 valence electrons. The summed E-state index contributed by atoms with van der Waals surface area (Å²) in [6.45, 7) is 1.23. The highest BCUT2D eigenvalue weighted by Gasteiger charge is 2.19. The zero-order valence-corrected chi connectivity index (χ0v) is 15.2. The number of nitrogens with one attached hydrogen (secondary N) is 1. The van der Waals surface area contributed by atoms with Crippen LogP contribution in [0.5, 0.6) is 0 Å². The lowest BCUT2D eigenvalue weighted by atomic mass is 10.3. The van der Waals surface area contributed by atoms with E-state index in [1.807, 2.05) is 16.8 Å². The van der Waals surface area contributed by atoms with Gasteiger partial charge in [0.1, 0.15) is 0 Å². The van der Waals surface area contributed by atoms with Crippen LogP contribution in [0.4, 0.5) is 5.69 Å². The average Bonchev–Trinajstić information content (AvgIpc) is 3.25. The van der Waals surface area contributed by atoms with Crippen molar-refractivity contribution in [2.24, 2.45) is 0 Å². The van der Waals surface area contributed by atoms with Crippen molar-refractivity contribution in [3.63, 3.8) is 0 Å². The van der Waals surface area contributed by atoms with E-state index in [1.165, 1.54) is 18.3 Å². The molecule has 1 aromatic carbocycles. The van der Waals surface area contributed by atoms with Gasteiger partial charge in [0.25, 0.3) is 5.91 Å². The Labute approximate surface area is 157 Å². The minimum Gasteiger partial charge on any atom is -0.451 e. The molecule has 0 fully saturated rings. The molecule has 2 aromatic heterocycles. The van der Waals surface area contributed by atoms with E-state index < -0.39 is 18.0 Å². The SMILES string of the molecule is C[C@H](OC(=O)Cn1nnc(-c2ccsc2)n1)C(=O)Nc1cccc(Cl)c1. The molecule has 0 spiro atoms. The van der Waals surface area contributed by atoms with Gasteiger partial charge < -0.3 is 10.1 Å². The molecule has 1 N–H and O–H groups in total. The smallest absolute Gasteiger partial charge is 0.330 e. The molecule has 1 atom stereocenters. The molecular weight excluding hydrogens is 378 g/mol. The van der Waals surface area contributed by atoms with Gasteiger partial charge in [-0.1, -0.05) is 17.7 Å². The summed E-state index contributed by atoms with van der Waals surface area (Å²) in [6, 6.07) is 8.53. The van der Waals surface area contributed by atoms with Crippen LogP contribution in [0.15, 0.2) is 41.1 Å². The van der Waals surface area contributed by atoms with Crippen LogP contribution in [0.3, 0.4) is 0 Å². The maximum absolute atomic E-state index is 12.1. The van der Waals surface area contributed by atoms with Crippen molar-refractivity contribution in [1.82, 2.24) is 20.2 Å². The van der Waals surface area contributed by atoms with Crippen LogP contribution in [0.25, 0.3) is 11.4 Å². The normalized spacial score (nSPS) is 11.8. The Balaban J connectivity index is 1.53. The fourth-order valence-corrected chi connectivity index (χ4v) is 2.86. The summed E-state index contributed by atoms with van der Waals surface area (Å²) >= 11 is 7.37. The molecule has 0 unspecified atom stereocenters. The van der Waals surface area contributed by atoms with E-state index in [4.69, 9.17) is 16.3 Å². The minimum absolute atomic E-state index is 0.244. The van der Waals surface area contributed by atoms with Gasteiger partial charge in [-0.3, -0.25) is 4.79 Å². The van der Waals surface area contributed by atoms with Crippen LogP contribution >= 0.6 is 22.9 Å². The Morgan fingerprint density at radius 2 is 2.23 bits per heavy atom. The third-order valence-electron chi connectivity index (χ3n) is 3.27. The number of thiophene rings is 1. The summed E-state index contributed by atoms with van der Waals surface area (Å²) in [5.41, 5.74) is 1.34. The van der Waals surface area contributed by atoms with Gasteiger partial charge in [-0.2, -0.15) is 16.1 Å². The Hall–Kier alpha value is -2.78. The molecule has 0 aliphatic carbocycles. The molecule has 10 heteroatoms. The predicted octanol–water partition coefficient (Wildman–Crippen LogP) is 2.63. The number of carbonyl (C=O) groups is 2. The standard InChI is InChI=1S/C16H14ClN5O3S/c1-10(16(24)18-13-4-2-3-12(17)7-13)25-14(23)8-22-20-15(19-21-22)11-5-6-26-9-11/h2-7,9-10H,8H2,1H3,(H,18,24)/t10-/m0/s1. The first kappa shape index (κ1) is 18.0. The fourth-order valence-electron chi connectivity index (χ4n) is 2.03. The van der Waals surface area contributed by atoms with Gasteiger partial charge in [-0.25, -0.2) is 4.79 Å². The number of rotatable bonds is 6. The van der Waals surface area contributed by atoms with E-state index in [0.717, 1.165) is 10.4 Å². The summed E-state index contributed by atoms with van der Waals surface area (Å²) in [6.07, 6.45) is -0.985. The Kier molecular flexibility index (Phi) is 5.59. The highest BCUT2D eigenvalue weighted by Crippen LogP contribution is 2.17. The van der Waals surface area contributed by atoms with Crippen LogP contribution in [-0.4, -0.2) is 38.2 Å². The second-order valence-electron chi connectivity index (χ2n) is 5.29. The van der Waals surface area contributed by atoms with Gasteiger partial charge in [0.05, 0.1) is 0 Å². The van der Waals surface area contributed by atoms with Gasteiger partial charge in [-0.05, 0) is 41.8 Å². The molecule has 26 heavy (non-hydrogen) atoms. The molecule has 0 aliphatic heterocycles. The largest absolute Gasteiger partial charge is 0.451 e. The lowest BCUT2D eigenvalue weighted by Gasteiger charge is -2.13. The summed E-state index contributed by atoms with van der Waals surface area (Å²) in [5.74, 6) is -0.690. The molecule has 3 aromatic rings. The second kappa shape index (κ2) is 8.07. The lowest BCUT2D eigenvalue weighted by Crippen LogP contribution is -2.31. The number of hydrogen-bond donors (Lipinski definition) is 1. The van der Waals surface area contributed by atoms with E-state index >= 15 is 0 Å². The number of benzene rings is 1. The van der Waals surface area contributed by atoms with Crippen molar-refractivity contribution >= 4 is 40.5 Å². The predicted molar refractivity (Wildman–Crippen MR) is 96.8 cm³/mol. The van der Waals surface area contributed by atoms with E-state index in [0.29, 0.717) is 16.5 Å². The Morgan fingerprint density at radius 3 is 2.96 bits per heavy atom. The lowest BCUT2D eigenvalue weighted by molar-refractivity contribution is -0.154. The number of anilines is 1. The second-order valence-corrected chi connectivity index (χ2v) is 6.50. The van der Waals surface area contributed by atoms with Crippen molar-refractivity contribution in [3.05, 3.63) is 46.1 Å². The molecule has 0 aliphatic rings. The first-order chi connectivity index (χ1) is 12.5. The molecule has 3 rings (SSSR count). The molecular formula is C16H14ClN5O3S. The average molecular weight is 392 g/mol. The van der Waals surface area contributed by atoms with Crippen LogP contribution in [0, 0.1) is 0 Å². The minimum atomic E-state index is -0.985. The maximum atomic E-state index is 12.1. The van der Waals surface area contributed by atoms with Crippen molar-refractivity contribution in [2.75, 3.05) is 5.32 Å². The van der Waals surface area contributed by atoms with Gasteiger partial charge in [-0.15, -0.1) is 10.2 Å². The zero-order valence-electron chi connectivity index (χ0n) is 13.6. The monoisotopic (exact) mass is 391 g/mol. The quantitative estimate of drug-likeness (QED) is 0.648. The van der Waals surface area contributed by atoms with E-state index in [9.17, 15) is 9.59 Å². The third kappa shape index (κ3) is 4.64. The summed E-state index contributed by atoms with van der Waals surface area (Å²) < 4.78 is 5.11. The number of amides is 1. The number of esters is 1. The van der Waals surface area contributed by atoms with Crippen LogP contribution < -0.4 is 5.32 Å². The molecule has 8 nitrogen and oxygen atoms in total. The number of nitrogens with zero attached hydrogens (tertiary/aromatic N) is 4. The number of aromatic nitrogens is 4. The Morgan fingerprint density at radius 1 is 1.38 bits per heavy atom.